The van der Waals surface area contributed by atoms with Gasteiger partial charge in [-0.05, 0) is 32.4 Å². The Kier molecular flexibility index (Phi) is 7.55. The van der Waals surface area contributed by atoms with Crippen LogP contribution in [0.2, 0.25) is 0 Å². The van der Waals surface area contributed by atoms with Gasteiger partial charge in [-0.15, -0.1) is 0 Å². The van der Waals surface area contributed by atoms with Crippen LogP contribution in [0.4, 0.5) is 5.82 Å². The fraction of sp³-hybridized carbons (Fsp3) is 0.688. The van der Waals surface area contributed by atoms with E-state index < -0.39 is 0 Å². The van der Waals surface area contributed by atoms with Gasteiger partial charge in [-0.25, -0.2) is 4.98 Å². The van der Waals surface area contributed by atoms with E-state index in [1.807, 2.05) is 12.3 Å². The first-order valence-corrected chi connectivity index (χ1v) is 7.50. The van der Waals surface area contributed by atoms with E-state index in [9.17, 15) is 0 Å². The third-order valence-electron chi connectivity index (χ3n) is 3.29. The fourth-order valence-corrected chi connectivity index (χ4v) is 2.32. The molecule has 1 rings (SSSR count). The minimum atomic E-state index is 0.323. The van der Waals surface area contributed by atoms with Gasteiger partial charge in [0.25, 0.3) is 0 Å². The molecule has 0 spiro atoms. The molecule has 1 unspecified atom stereocenters. The second-order valence-electron chi connectivity index (χ2n) is 5.60. The van der Waals surface area contributed by atoms with E-state index in [2.05, 4.69) is 49.0 Å². The average Bonchev–Trinajstić information content (AvgIpc) is 2.41. The maximum Gasteiger partial charge on any atom is 0.133 e. The average molecular weight is 279 g/mol. The fourth-order valence-electron chi connectivity index (χ4n) is 2.32. The molecule has 0 aliphatic heterocycles. The standard InChI is InChI=1S/C16H29N3O/c1-6-19(14(4)12-20-5)16-15(8-7-9-18-16)11-17-10-13(2)3/h7-9,13-14,17H,6,10-12H2,1-5H3. The molecule has 1 aromatic heterocycles. The van der Waals surface area contributed by atoms with Crippen molar-refractivity contribution in [3.8, 4) is 0 Å². The minimum absolute atomic E-state index is 0.323. The van der Waals surface area contributed by atoms with E-state index >= 15 is 0 Å². The molecule has 0 aliphatic carbocycles. The third kappa shape index (κ3) is 5.10. The molecular weight excluding hydrogens is 250 g/mol. The highest BCUT2D eigenvalue weighted by Gasteiger charge is 2.16. The summed E-state index contributed by atoms with van der Waals surface area (Å²) >= 11 is 0. The molecular formula is C16H29N3O. The molecule has 0 amide bonds. The number of nitrogens with one attached hydrogen (secondary N) is 1. The van der Waals surface area contributed by atoms with Crippen molar-refractivity contribution in [1.82, 2.24) is 10.3 Å². The lowest BCUT2D eigenvalue weighted by Gasteiger charge is -2.30. The van der Waals surface area contributed by atoms with Gasteiger partial charge >= 0.3 is 0 Å². The van der Waals surface area contributed by atoms with Gasteiger partial charge < -0.3 is 15.0 Å². The Hall–Kier alpha value is -1.13. The molecule has 4 heteroatoms. The molecule has 0 aromatic carbocycles. The monoisotopic (exact) mass is 279 g/mol. The first kappa shape index (κ1) is 16.9. The quantitative estimate of drug-likeness (QED) is 0.754. The number of rotatable bonds is 9. The summed E-state index contributed by atoms with van der Waals surface area (Å²) in [6.07, 6.45) is 1.86. The molecule has 0 radical (unpaired) electrons. The lowest BCUT2D eigenvalue weighted by molar-refractivity contribution is 0.181. The van der Waals surface area contributed by atoms with Crippen LogP contribution in [0.1, 0.15) is 33.3 Å². The highest BCUT2D eigenvalue weighted by molar-refractivity contribution is 5.47. The molecule has 0 bridgehead atoms. The zero-order chi connectivity index (χ0) is 15.0. The zero-order valence-electron chi connectivity index (χ0n) is 13.5. The predicted octanol–water partition coefficient (Wildman–Crippen LogP) is 2.69. The summed E-state index contributed by atoms with van der Waals surface area (Å²) in [6.45, 7) is 12.3. The minimum Gasteiger partial charge on any atom is -0.383 e. The van der Waals surface area contributed by atoms with Crippen LogP contribution in [-0.4, -0.2) is 37.8 Å². The van der Waals surface area contributed by atoms with Crippen LogP contribution >= 0.6 is 0 Å². The molecule has 114 valence electrons. The zero-order valence-corrected chi connectivity index (χ0v) is 13.5. The van der Waals surface area contributed by atoms with Gasteiger partial charge in [0, 0.05) is 32.0 Å². The smallest absolute Gasteiger partial charge is 0.133 e. The van der Waals surface area contributed by atoms with Crippen molar-refractivity contribution in [1.29, 1.82) is 0 Å². The Morgan fingerprint density at radius 1 is 1.35 bits per heavy atom. The van der Waals surface area contributed by atoms with Crippen LogP contribution in [0, 0.1) is 5.92 Å². The molecule has 0 saturated carbocycles. The van der Waals surface area contributed by atoms with Crippen molar-refractivity contribution < 1.29 is 4.74 Å². The number of hydrogen-bond acceptors (Lipinski definition) is 4. The molecule has 1 N–H and O–H groups in total. The van der Waals surface area contributed by atoms with Gasteiger partial charge in [-0.3, -0.25) is 0 Å². The van der Waals surface area contributed by atoms with Crippen molar-refractivity contribution in [3.05, 3.63) is 23.9 Å². The third-order valence-corrected chi connectivity index (χ3v) is 3.29. The van der Waals surface area contributed by atoms with Crippen LogP contribution in [0.5, 0.6) is 0 Å². The van der Waals surface area contributed by atoms with E-state index in [4.69, 9.17) is 4.74 Å². The van der Waals surface area contributed by atoms with Crippen molar-refractivity contribution in [2.75, 3.05) is 31.7 Å². The summed E-state index contributed by atoms with van der Waals surface area (Å²) < 4.78 is 5.28. The number of nitrogens with zero attached hydrogens (tertiary/aromatic N) is 2. The van der Waals surface area contributed by atoms with Crippen LogP contribution in [-0.2, 0) is 11.3 Å². The second-order valence-corrected chi connectivity index (χ2v) is 5.60. The SMILES string of the molecule is CCN(c1ncccc1CNCC(C)C)C(C)COC. The highest BCUT2D eigenvalue weighted by Crippen LogP contribution is 2.19. The van der Waals surface area contributed by atoms with E-state index in [0.717, 1.165) is 25.5 Å². The maximum atomic E-state index is 5.28. The lowest BCUT2D eigenvalue weighted by atomic mass is 10.2. The van der Waals surface area contributed by atoms with Crippen LogP contribution in [0.3, 0.4) is 0 Å². The highest BCUT2D eigenvalue weighted by atomic mass is 16.5. The van der Waals surface area contributed by atoms with Gasteiger partial charge in [0.1, 0.15) is 5.82 Å². The summed E-state index contributed by atoms with van der Waals surface area (Å²) in [5.74, 6) is 1.72. The maximum absolute atomic E-state index is 5.28. The number of ether oxygens (including phenoxy) is 1. The number of likely N-dealkylation sites (N-methyl/N-ethyl adjacent to an activating group) is 1. The molecule has 4 nitrogen and oxygen atoms in total. The molecule has 1 heterocycles. The molecule has 1 aromatic rings. The number of pyridine rings is 1. The molecule has 0 saturated heterocycles. The van der Waals surface area contributed by atoms with E-state index in [0.29, 0.717) is 18.6 Å². The molecule has 20 heavy (non-hydrogen) atoms. The number of hydrogen-bond donors (Lipinski definition) is 1. The van der Waals surface area contributed by atoms with Gasteiger partial charge in [0.05, 0.1) is 12.6 Å². The van der Waals surface area contributed by atoms with Crippen molar-refractivity contribution in [3.63, 3.8) is 0 Å². The van der Waals surface area contributed by atoms with Gasteiger partial charge in [0.15, 0.2) is 0 Å². The van der Waals surface area contributed by atoms with Crippen molar-refractivity contribution >= 4 is 5.82 Å². The number of methoxy groups -OCH3 is 1. The Morgan fingerprint density at radius 2 is 2.10 bits per heavy atom. The molecule has 0 fully saturated rings. The van der Waals surface area contributed by atoms with E-state index in [-0.39, 0.29) is 0 Å². The largest absolute Gasteiger partial charge is 0.383 e. The van der Waals surface area contributed by atoms with E-state index in [1.54, 1.807) is 7.11 Å². The summed E-state index contributed by atoms with van der Waals surface area (Å²) in [4.78, 5) is 6.88. The predicted molar refractivity (Wildman–Crippen MR) is 85.1 cm³/mol. The normalized spacial score (nSPS) is 12.7. The van der Waals surface area contributed by atoms with Crippen LogP contribution in [0.25, 0.3) is 0 Å². The van der Waals surface area contributed by atoms with E-state index in [1.165, 1.54) is 5.56 Å². The Morgan fingerprint density at radius 3 is 2.70 bits per heavy atom. The summed E-state index contributed by atoms with van der Waals surface area (Å²) in [5, 5.41) is 3.49. The molecule has 0 aliphatic rings. The first-order chi connectivity index (χ1) is 9.60. The van der Waals surface area contributed by atoms with Gasteiger partial charge in [-0.1, -0.05) is 19.9 Å². The van der Waals surface area contributed by atoms with Crippen molar-refractivity contribution in [2.24, 2.45) is 5.92 Å². The number of anilines is 1. The van der Waals surface area contributed by atoms with Crippen molar-refractivity contribution in [2.45, 2.75) is 40.3 Å². The first-order valence-electron chi connectivity index (χ1n) is 7.50. The summed E-state index contributed by atoms with van der Waals surface area (Å²) in [6, 6.07) is 4.48. The molecule has 1 atom stereocenters. The van der Waals surface area contributed by atoms with Crippen LogP contribution in [0.15, 0.2) is 18.3 Å². The Labute approximate surface area is 123 Å². The summed E-state index contributed by atoms with van der Waals surface area (Å²) in [7, 11) is 1.74. The lowest BCUT2D eigenvalue weighted by Crippen LogP contribution is -2.37. The topological polar surface area (TPSA) is 37.4 Å². The van der Waals surface area contributed by atoms with Gasteiger partial charge in [0.2, 0.25) is 0 Å². The number of aromatic nitrogens is 1. The Bertz CT molecular complexity index is 382. The summed E-state index contributed by atoms with van der Waals surface area (Å²) in [5.41, 5.74) is 1.25. The van der Waals surface area contributed by atoms with Crippen LogP contribution < -0.4 is 10.2 Å². The Balaban J connectivity index is 2.81. The second kappa shape index (κ2) is 8.93. The van der Waals surface area contributed by atoms with Gasteiger partial charge in [-0.2, -0.15) is 0 Å².